The molecule has 0 atom stereocenters. The maximum absolute atomic E-state index is 11.3. The number of carbonyl (C=O) groups is 1. The fourth-order valence-corrected chi connectivity index (χ4v) is 1.32. The Bertz CT molecular complexity index is 450. The molecule has 1 aromatic carbocycles. The molecular formula is C10H8N2O3. The SMILES string of the molecule is [N-]=[N+]=CC(=O)c1ccc2c(c1)OCCO2. The first-order valence-corrected chi connectivity index (χ1v) is 4.42. The first kappa shape index (κ1) is 9.43. The van der Waals surface area contributed by atoms with E-state index in [0.29, 0.717) is 30.3 Å². The highest BCUT2D eigenvalue weighted by Crippen LogP contribution is 2.30. The summed E-state index contributed by atoms with van der Waals surface area (Å²) in [5, 5.41) is 0. The number of carbonyl (C=O) groups excluding carboxylic acids is 1. The Morgan fingerprint density at radius 2 is 2.07 bits per heavy atom. The first-order chi connectivity index (χ1) is 7.31. The highest BCUT2D eigenvalue weighted by molar-refractivity contribution is 6.33. The molecule has 0 radical (unpaired) electrons. The van der Waals surface area contributed by atoms with E-state index in [9.17, 15) is 4.79 Å². The molecule has 1 aliphatic rings. The zero-order valence-electron chi connectivity index (χ0n) is 7.84. The second-order valence-corrected chi connectivity index (χ2v) is 2.97. The van der Waals surface area contributed by atoms with Crippen LogP contribution in [0.15, 0.2) is 18.2 Å². The van der Waals surface area contributed by atoms with Gasteiger partial charge in [-0.05, 0) is 18.2 Å². The largest absolute Gasteiger partial charge is 0.486 e. The minimum atomic E-state index is -0.380. The Hall–Kier alpha value is -2.13. The number of nitrogens with zero attached hydrogens (tertiary/aromatic N) is 2. The average molecular weight is 204 g/mol. The van der Waals surface area contributed by atoms with Crippen molar-refractivity contribution >= 4 is 12.0 Å². The topological polar surface area (TPSA) is 71.9 Å². The standard InChI is InChI=1S/C10H8N2O3/c11-12-6-8(13)7-1-2-9-10(5-7)15-4-3-14-9/h1-2,5-6H,3-4H2. The molecule has 1 aromatic rings. The normalized spacial score (nSPS) is 12.8. The summed E-state index contributed by atoms with van der Waals surface area (Å²) in [5.41, 5.74) is 8.63. The van der Waals surface area contributed by atoms with Gasteiger partial charge >= 0.3 is 6.21 Å². The van der Waals surface area contributed by atoms with Gasteiger partial charge in [0.2, 0.25) is 0 Å². The smallest absolute Gasteiger partial charge is 0.328 e. The van der Waals surface area contributed by atoms with Gasteiger partial charge in [-0.3, -0.25) is 4.79 Å². The Balaban J connectivity index is 2.35. The number of ether oxygens (including phenoxy) is 2. The molecule has 2 rings (SSSR count). The maximum atomic E-state index is 11.3. The van der Waals surface area contributed by atoms with Crippen LogP contribution in [0.3, 0.4) is 0 Å². The van der Waals surface area contributed by atoms with Crippen LogP contribution in [-0.2, 0) is 0 Å². The van der Waals surface area contributed by atoms with E-state index >= 15 is 0 Å². The van der Waals surface area contributed by atoms with Crippen LogP contribution in [0.2, 0.25) is 0 Å². The fraction of sp³-hybridized carbons (Fsp3) is 0.200. The van der Waals surface area contributed by atoms with Crippen LogP contribution in [0.4, 0.5) is 0 Å². The van der Waals surface area contributed by atoms with Gasteiger partial charge in [0, 0.05) is 5.56 Å². The summed E-state index contributed by atoms with van der Waals surface area (Å²) in [5.74, 6) is 0.784. The molecule has 0 aromatic heterocycles. The highest BCUT2D eigenvalue weighted by atomic mass is 16.6. The van der Waals surface area contributed by atoms with Crippen molar-refractivity contribution in [3.8, 4) is 11.5 Å². The van der Waals surface area contributed by atoms with Gasteiger partial charge in [0.25, 0.3) is 5.78 Å². The minimum absolute atomic E-state index is 0.380. The molecular weight excluding hydrogens is 196 g/mol. The van der Waals surface area contributed by atoms with E-state index in [1.807, 2.05) is 0 Å². The molecule has 0 N–H and O–H groups in total. The summed E-state index contributed by atoms with van der Waals surface area (Å²) in [6.07, 6.45) is 0.839. The molecule has 5 nitrogen and oxygen atoms in total. The van der Waals surface area contributed by atoms with Crippen LogP contribution in [0, 0.1) is 0 Å². The number of benzene rings is 1. The molecule has 1 heterocycles. The quantitative estimate of drug-likeness (QED) is 0.311. The number of fused-ring (bicyclic) bond motifs is 1. The number of rotatable bonds is 2. The summed E-state index contributed by atoms with van der Waals surface area (Å²) in [6.45, 7) is 0.983. The third kappa shape index (κ3) is 1.87. The van der Waals surface area contributed by atoms with Crippen molar-refractivity contribution in [3.05, 3.63) is 29.3 Å². The summed E-state index contributed by atoms with van der Waals surface area (Å²) in [4.78, 5) is 14.0. The van der Waals surface area contributed by atoms with Crippen LogP contribution in [0.5, 0.6) is 11.5 Å². The van der Waals surface area contributed by atoms with Gasteiger partial charge in [-0.25, -0.2) is 0 Å². The summed E-state index contributed by atoms with van der Waals surface area (Å²) < 4.78 is 10.6. The third-order valence-corrected chi connectivity index (χ3v) is 2.00. The second-order valence-electron chi connectivity index (χ2n) is 2.97. The van der Waals surface area contributed by atoms with Gasteiger partial charge < -0.3 is 15.0 Å². The lowest BCUT2D eigenvalue weighted by molar-refractivity contribution is 0.00234. The lowest BCUT2D eigenvalue weighted by Crippen LogP contribution is -2.15. The van der Waals surface area contributed by atoms with Crippen LogP contribution >= 0.6 is 0 Å². The van der Waals surface area contributed by atoms with Crippen LogP contribution in [0.25, 0.3) is 5.53 Å². The summed E-state index contributed by atoms with van der Waals surface area (Å²) in [7, 11) is 0. The number of hydrogen-bond donors (Lipinski definition) is 0. The molecule has 0 saturated heterocycles. The van der Waals surface area contributed by atoms with Crippen LogP contribution in [0.1, 0.15) is 10.4 Å². The molecule has 0 aliphatic carbocycles. The Morgan fingerprint density at radius 3 is 2.80 bits per heavy atom. The first-order valence-electron chi connectivity index (χ1n) is 4.42. The third-order valence-electron chi connectivity index (χ3n) is 2.00. The molecule has 0 spiro atoms. The lowest BCUT2D eigenvalue weighted by atomic mass is 10.1. The Kier molecular flexibility index (Phi) is 2.48. The van der Waals surface area contributed by atoms with E-state index in [4.69, 9.17) is 15.0 Å². The van der Waals surface area contributed by atoms with E-state index in [1.165, 1.54) is 0 Å². The van der Waals surface area contributed by atoms with Gasteiger partial charge in [-0.15, -0.1) is 0 Å². The molecule has 15 heavy (non-hydrogen) atoms. The number of ketones is 1. The Morgan fingerprint density at radius 1 is 1.33 bits per heavy atom. The lowest BCUT2D eigenvalue weighted by Gasteiger charge is -2.18. The van der Waals surface area contributed by atoms with E-state index in [1.54, 1.807) is 18.2 Å². The van der Waals surface area contributed by atoms with Gasteiger partial charge in [-0.1, -0.05) is 0 Å². The van der Waals surface area contributed by atoms with Crippen molar-refractivity contribution in [2.75, 3.05) is 13.2 Å². The van der Waals surface area contributed by atoms with E-state index in [0.717, 1.165) is 6.21 Å². The molecule has 0 unspecified atom stereocenters. The molecule has 76 valence electrons. The predicted molar refractivity (Wildman–Crippen MR) is 51.4 cm³/mol. The van der Waals surface area contributed by atoms with Crippen molar-refractivity contribution in [1.29, 1.82) is 0 Å². The van der Waals surface area contributed by atoms with Crippen molar-refractivity contribution in [2.45, 2.75) is 0 Å². The number of Topliss-reactive ketones (excluding diaryl/α,β-unsaturated/α-hetero) is 1. The van der Waals surface area contributed by atoms with Crippen molar-refractivity contribution < 1.29 is 19.1 Å². The molecule has 5 heteroatoms. The minimum Gasteiger partial charge on any atom is -0.486 e. The zero-order valence-corrected chi connectivity index (χ0v) is 7.84. The molecule has 0 amide bonds. The monoisotopic (exact) mass is 204 g/mol. The maximum Gasteiger partial charge on any atom is 0.328 e. The molecule has 0 fully saturated rings. The molecule has 0 saturated carbocycles. The van der Waals surface area contributed by atoms with Gasteiger partial charge in [0.05, 0.1) is 0 Å². The second kappa shape index (κ2) is 3.94. The van der Waals surface area contributed by atoms with Crippen molar-refractivity contribution in [2.24, 2.45) is 0 Å². The van der Waals surface area contributed by atoms with E-state index in [-0.39, 0.29) is 5.78 Å². The fourth-order valence-electron chi connectivity index (χ4n) is 1.32. The zero-order chi connectivity index (χ0) is 10.7. The van der Waals surface area contributed by atoms with Gasteiger partial charge in [0.1, 0.15) is 13.2 Å². The average Bonchev–Trinajstić information content (AvgIpc) is 2.29. The predicted octanol–water partition coefficient (Wildman–Crippen LogP) is 0.941. The highest BCUT2D eigenvalue weighted by Gasteiger charge is 2.15. The number of hydrogen-bond acceptors (Lipinski definition) is 3. The van der Waals surface area contributed by atoms with E-state index in [2.05, 4.69) is 4.79 Å². The van der Waals surface area contributed by atoms with Crippen molar-refractivity contribution in [3.63, 3.8) is 0 Å². The Labute approximate surface area is 85.9 Å². The summed E-state index contributed by atoms with van der Waals surface area (Å²) in [6, 6.07) is 4.82. The van der Waals surface area contributed by atoms with Gasteiger partial charge in [0.15, 0.2) is 11.5 Å². The van der Waals surface area contributed by atoms with Crippen molar-refractivity contribution in [1.82, 2.24) is 0 Å². The summed E-state index contributed by atoms with van der Waals surface area (Å²) >= 11 is 0. The van der Waals surface area contributed by atoms with Crippen LogP contribution in [-0.4, -0.2) is 30.0 Å². The van der Waals surface area contributed by atoms with E-state index < -0.39 is 0 Å². The van der Waals surface area contributed by atoms with Crippen LogP contribution < -0.4 is 9.47 Å². The van der Waals surface area contributed by atoms with Gasteiger partial charge in [-0.2, -0.15) is 4.79 Å². The molecule has 1 aliphatic heterocycles. The molecule has 0 bridgehead atoms.